The number of hydrogen-bond donors (Lipinski definition) is 0. The van der Waals surface area contributed by atoms with Crippen molar-refractivity contribution < 1.29 is 40.7 Å². The first kappa shape index (κ1) is 32.8. The van der Waals surface area contributed by atoms with Crippen LogP contribution in [0, 0.1) is 5.92 Å². The molecule has 0 saturated carbocycles. The summed E-state index contributed by atoms with van der Waals surface area (Å²) in [6.45, 7) is 3.69. The van der Waals surface area contributed by atoms with Gasteiger partial charge in [-0.15, -0.1) is 0 Å². The van der Waals surface area contributed by atoms with E-state index in [1.54, 1.807) is 19.0 Å². The Morgan fingerprint density at radius 3 is 2.02 bits per heavy atom. The Kier molecular flexibility index (Phi) is 10.1. The second-order valence-electron chi connectivity index (χ2n) is 11.6. The van der Waals surface area contributed by atoms with Gasteiger partial charge < -0.3 is 14.5 Å². The molecule has 4 rings (SSSR count). The van der Waals surface area contributed by atoms with Crippen molar-refractivity contribution in [2.45, 2.75) is 56.7 Å². The summed E-state index contributed by atoms with van der Waals surface area (Å²) in [7, 11) is 3.41. The lowest BCUT2D eigenvalue weighted by Crippen LogP contribution is -2.50. The average Bonchev–Trinajstić information content (AvgIpc) is 2.96. The van der Waals surface area contributed by atoms with Crippen molar-refractivity contribution in [1.29, 1.82) is 0 Å². The maximum absolute atomic E-state index is 13.6. The smallest absolute Gasteiger partial charge is 0.370 e. The summed E-state index contributed by atoms with van der Waals surface area (Å²) in [5, 5.41) is 0. The number of rotatable bonds is 7. The van der Waals surface area contributed by atoms with Gasteiger partial charge in [0.15, 0.2) is 0 Å². The van der Waals surface area contributed by atoms with Crippen LogP contribution in [0.1, 0.15) is 60.5 Å². The minimum atomic E-state index is -4.95. The third kappa shape index (κ3) is 8.29. The van der Waals surface area contributed by atoms with Gasteiger partial charge in [0.25, 0.3) is 0 Å². The van der Waals surface area contributed by atoms with E-state index >= 15 is 0 Å². The maximum Gasteiger partial charge on any atom is 0.416 e. The Balaban J connectivity index is 1.48. The third-order valence-corrected chi connectivity index (χ3v) is 8.34. The molecule has 2 aromatic rings. The highest BCUT2D eigenvalue weighted by Gasteiger charge is 2.40. The van der Waals surface area contributed by atoms with Crippen molar-refractivity contribution in [2.75, 3.05) is 46.8 Å². The molecule has 6 nitrogen and oxygen atoms in total. The van der Waals surface area contributed by atoms with Crippen molar-refractivity contribution >= 4 is 11.8 Å². The first-order valence-electron chi connectivity index (χ1n) is 14.3. The second-order valence-corrected chi connectivity index (χ2v) is 11.6. The number of alkyl halides is 6. The summed E-state index contributed by atoms with van der Waals surface area (Å²) in [5.41, 5.74) is -2.11. The van der Waals surface area contributed by atoms with Gasteiger partial charge in [0.1, 0.15) is 0 Å². The van der Waals surface area contributed by atoms with Gasteiger partial charge in [-0.3, -0.25) is 14.5 Å². The fourth-order valence-corrected chi connectivity index (χ4v) is 5.80. The van der Waals surface area contributed by atoms with Gasteiger partial charge in [0.2, 0.25) is 11.8 Å². The summed E-state index contributed by atoms with van der Waals surface area (Å²) in [6.07, 6.45) is -9.88. The van der Waals surface area contributed by atoms with E-state index in [9.17, 15) is 35.9 Å². The van der Waals surface area contributed by atoms with E-state index in [-0.39, 0.29) is 35.3 Å². The highest BCUT2D eigenvalue weighted by atomic mass is 19.4. The molecule has 2 saturated heterocycles. The molecule has 0 unspecified atom stereocenters. The number of halogens is 6. The first-order chi connectivity index (χ1) is 20.1. The van der Waals surface area contributed by atoms with E-state index in [1.165, 1.54) is 11.8 Å². The quantitative estimate of drug-likeness (QED) is 0.361. The predicted octanol–water partition coefficient (Wildman–Crippen LogP) is 5.99. The molecule has 0 N–H and O–H groups in total. The summed E-state index contributed by atoms with van der Waals surface area (Å²) < 4.78 is 87.0. The van der Waals surface area contributed by atoms with E-state index in [4.69, 9.17) is 4.74 Å². The molecule has 12 heteroatoms. The predicted molar refractivity (Wildman–Crippen MR) is 148 cm³/mol. The molecule has 43 heavy (non-hydrogen) atoms. The van der Waals surface area contributed by atoms with Crippen molar-refractivity contribution in [3.63, 3.8) is 0 Å². The number of carbonyl (C=O) groups excluding carboxylic acids is 2. The zero-order valence-corrected chi connectivity index (χ0v) is 24.4. The number of nitrogens with zero attached hydrogens (tertiary/aromatic N) is 3. The molecule has 2 aliphatic rings. The number of ether oxygens (including phenoxy) is 1. The third-order valence-electron chi connectivity index (χ3n) is 8.34. The minimum absolute atomic E-state index is 0.00606. The summed E-state index contributed by atoms with van der Waals surface area (Å²) in [5.74, 6) is -0.498. The topological polar surface area (TPSA) is 53.1 Å². The van der Waals surface area contributed by atoms with Crippen LogP contribution in [-0.4, -0.2) is 79.4 Å². The fourth-order valence-electron chi connectivity index (χ4n) is 5.80. The molecular formula is C31H37F6N3O3. The molecule has 3 atom stereocenters. The maximum atomic E-state index is 13.6. The largest absolute Gasteiger partial charge is 0.416 e. The van der Waals surface area contributed by atoms with Crippen molar-refractivity contribution in [2.24, 2.45) is 5.92 Å². The van der Waals surface area contributed by atoms with Crippen LogP contribution in [-0.2, 0) is 26.7 Å². The number of carbonyl (C=O) groups is 2. The summed E-state index contributed by atoms with van der Waals surface area (Å²) in [6, 6.07) is 10.8. The van der Waals surface area contributed by atoms with Crippen LogP contribution in [0.25, 0.3) is 0 Å². The molecule has 2 amide bonds. The molecule has 0 bridgehead atoms. The van der Waals surface area contributed by atoms with Crippen LogP contribution < -0.4 is 0 Å². The van der Waals surface area contributed by atoms with Crippen molar-refractivity contribution in [3.8, 4) is 0 Å². The Morgan fingerprint density at radius 2 is 1.49 bits per heavy atom. The molecule has 2 aliphatic heterocycles. The van der Waals surface area contributed by atoms with Crippen LogP contribution in [0.3, 0.4) is 0 Å². The number of benzene rings is 2. The monoisotopic (exact) mass is 613 g/mol. The Morgan fingerprint density at radius 1 is 0.907 bits per heavy atom. The molecule has 236 valence electrons. The molecule has 0 spiro atoms. The van der Waals surface area contributed by atoms with E-state index in [1.807, 2.05) is 35.2 Å². The Hall–Kier alpha value is -3.12. The van der Waals surface area contributed by atoms with Crippen LogP contribution in [0.2, 0.25) is 0 Å². The van der Waals surface area contributed by atoms with Gasteiger partial charge in [-0.1, -0.05) is 30.3 Å². The molecule has 0 aromatic heterocycles. The number of likely N-dealkylation sites (tertiary alicyclic amines) is 2. The lowest BCUT2D eigenvalue weighted by molar-refractivity contribution is -0.143. The molecular weight excluding hydrogens is 576 g/mol. The minimum Gasteiger partial charge on any atom is -0.370 e. The average molecular weight is 614 g/mol. The molecule has 0 aliphatic carbocycles. The molecule has 2 heterocycles. The highest BCUT2D eigenvalue weighted by Crippen LogP contribution is 2.40. The lowest BCUT2D eigenvalue weighted by Gasteiger charge is -2.42. The van der Waals surface area contributed by atoms with Crippen LogP contribution in [0.5, 0.6) is 0 Å². The van der Waals surface area contributed by atoms with Crippen LogP contribution in [0.15, 0.2) is 48.5 Å². The molecule has 2 aromatic carbocycles. The molecule has 2 fully saturated rings. The number of hydrogen-bond acceptors (Lipinski definition) is 4. The van der Waals surface area contributed by atoms with E-state index in [0.717, 1.165) is 5.56 Å². The van der Waals surface area contributed by atoms with Gasteiger partial charge in [-0.25, -0.2) is 0 Å². The van der Waals surface area contributed by atoms with Gasteiger partial charge in [0.05, 0.1) is 29.9 Å². The number of amides is 2. The number of likely N-dealkylation sites (N-methyl/N-ethyl adjacent to an activating group) is 1. The van der Waals surface area contributed by atoms with Crippen LogP contribution in [0.4, 0.5) is 26.3 Å². The fraction of sp³-hybridized carbons (Fsp3) is 0.548. The van der Waals surface area contributed by atoms with Gasteiger partial charge in [0, 0.05) is 39.0 Å². The van der Waals surface area contributed by atoms with Crippen molar-refractivity contribution in [3.05, 3.63) is 70.8 Å². The summed E-state index contributed by atoms with van der Waals surface area (Å²) >= 11 is 0. The van der Waals surface area contributed by atoms with E-state index in [0.29, 0.717) is 64.1 Å². The highest BCUT2D eigenvalue weighted by molar-refractivity contribution is 5.79. The summed E-state index contributed by atoms with van der Waals surface area (Å²) in [4.78, 5) is 31.0. The number of piperidine rings is 2. The zero-order chi connectivity index (χ0) is 31.5. The zero-order valence-electron chi connectivity index (χ0n) is 24.4. The standard InChI is InChI=1S/C31H37F6N3O3/c1-20(23-15-24(30(32,33)34)17-25(16-23)31(35,36)37)43-27-11-14-40(18-26(27)21-7-5-4-6-8-21)29(42)22-9-12-39(13-10-22)19-28(41)38(2)3/h4-8,15-17,20,22,26-27H,9-14,18-19H2,1-3H3/t20-,26+,27+/m1/s1. The van der Waals surface area contributed by atoms with E-state index in [2.05, 4.69) is 0 Å². The Labute approximate surface area is 247 Å². The first-order valence-corrected chi connectivity index (χ1v) is 14.3. The van der Waals surface area contributed by atoms with Gasteiger partial charge in [-0.05, 0) is 68.6 Å². The lowest BCUT2D eigenvalue weighted by atomic mass is 9.86. The normalized spacial score (nSPS) is 21.5. The van der Waals surface area contributed by atoms with Gasteiger partial charge >= 0.3 is 12.4 Å². The molecule has 0 radical (unpaired) electrons. The SMILES string of the molecule is C[C@@H](O[C@H]1CCN(C(=O)C2CCN(CC(=O)N(C)C)CC2)C[C@H]1c1ccccc1)c1cc(C(F)(F)F)cc(C(F)(F)F)c1. The second kappa shape index (κ2) is 13.3. The Bertz CT molecular complexity index is 1230. The van der Waals surface area contributed by atoms with Crippen LogP contribution >= 0.6 is 0 Å². The van der Waals surface area contributed by atoms with Gasteiger partial charge in [-0.2, -0.15) is 26.3 Å². The van der Waals surface area contributed by atoms with Crippen molar-refractivity contribution in [1.82, 2.24) is 14.7 Å². The van der Waals surface area contributed by atoms with E-state index < -0.39 is 35.7 Å².